The molecule has 172 valence electrons. The van der Waals surface area contributed by atoms with Crippen LogP contribution >= 0.6 is 0 Å². The van der Waals surface area contributed by atoms with Crippen molar-refractivity contribution in [3.8, 4) is 0 Å². The van der Waals surface area contributed by atoms with Crippen LogP contribution in [0.1, 0.15) is 103 Å². The van der Waals surface area contributed by atoms with Crippen molar-refractivity contribution >= 4 is 11.8 Å². The van der Waals surface area contributed by atoms with E-state index < -0.39 is 11.8 Å². The molecule has 2 unspecified atom stereocenters. The highest BCUT2D eigenvalue weighted by molar-refractivity contribution is 6.32. The average molecular weight is 423 g/mol. The molecule has 1 aliphatic heterocycles. The third-order valence-electron chi connectivity index (χ3n) is 6.56. The van der Waals surface area contributed by atoms with E-state index in [4.69, 9.17) is 14.6 Å². The number of ether oxygens (including phenoxy) is 2. The highest BCUT2D eigenvalue weighted by Gasteiger charge is 2.36. The van der Waals surface area contributed by atoms with Crippen molar-refractivity contribution in [1.82, 2.24) is 0 Å². The predicted octanol–water partition coefficient (Wildman–Crippen LogP) is 6.06. The van der Waals surface area contributed by atoms with Gasteiger partial charge in [0.1, 0.15) is 0 Å². The van der Waals surface area contributed by atoms with Crippen LogP contribution in [0.2, 0.25) is 0 Å². The molecule has 0 aromatic rings. The second-order valence-electron chi connectivity index (χ2n) is 8.98. The first-order valence-corrected chi connectivity index (χ1v) is 12.3. The van der Waals surface area contributed by atoms with Crippen LogP contribution in [0.25, 0.3) is 0 Å². The van der Waals surface area contributed by atoms with Crippen LogP contribution in [0.4, 0.5) is 0 Å². The quantitative estimate of drug-likeness (QED) is 0.197. The van der Waals surface area contributed by atoms with E-state index in [9.17, 15) is 9.59 Å². The van der Waals surface area contributed by atoms with Gasteiger partial charge < -0.3 is 14.6 Å². The van der Waals surface area contributed by atoms with Crippen LogP contribution in [0.15, 0.2) is 12.2 Å². The molecular weight excluding hydrogens is 380 g/mol. The molecule has 5 nitrogen and oxygen atoms in total. The Hall–Kier alpha value is -1.20. The van der Waals surface area contributed by atoms with Crippen molar-refractivity contribution in [2.75, 3.05) is 6.61 Å². The molecule has 30 heavy (non-hydrogen) atoms. The fraction of sp³-hybridized carbons (Fsp3) is 0.840. The Kier molecular flexibility index (Phi) is 12.3. The van der Waals surface area contributed by atoms with E-state index in [0.717, 1.165) is 51.6 Å². The number of Topliss-reactive ketones (excluding diaryl/α,β-unsaturated/α-hetero) is 1. The van der Waals surface area contributed by atoms with Crippen LogP contribution in [-0.4, -0.2) is 35.9 Å². The lowest BCUT2D eigenvalue weighted by molar-refractivity contribution is -0.195. The largest absolute Gasteiger partial charge is 0.476 e. The van der Waals surface area contributed by atoms with Gasteiger partial charge in [-0.1, -0.05) is 51.2 Å². The van der Waals surface area contributed by atoms with Gasteiger partial charge in [-0.05, 0) is 69.6 Å². The first kappa shape index (κ1) is 25.1. The van der Waals surface area contributed by atoms with Crippen molar-refractivity contribution < 1.29 is 24.2 Å². The van der Waals surface area contributed by atoms with Gasteiger partial charge in [0, 0.05) is 13.0 Å². The van der Waals surface area contributed by atoms with Crippen LogP contribution in [-0.2, 0) is 19.1 Å². The standard InChI is InChI=1S/C25H42O5/c1-2-3-4-5-6-8-13-20-17-18-23(30-24-16-11-12-19-29-24)21(20)14-9-7-10-15-22(26)25(27)28/h8,13,20-21,23-24H,2-7,9-12,14-19H2,1H3,(H,27,28)/t20-,21+,23?,24?/m0/s1. The normalized spacial score (nSPS) is 27.0. The van der Waals surface area contributed by atoms with Crippen molar-refractivity contribution in [1.29, 1.82) is 0 Å². The number of allylic oxidation sites excluding steroid dienone is 2. The molecule has 0 aromatic heterocycles. The summed E-state index contributed by atoms with van der Waals surface area (Å²) in [5.74, 6) is -0.922. The summed E-state index contributed by atoms with van der Waals surface area (Å²) < 4.78 is 12.2. The van der Waals surface area contributed by atoms with Crippen molar-refractivity contribution in [3.05, 3.63) is 12.2 Å². The molecule has 1 saturated heterocycles. The minimum Gasteiger partial charge on any atom is -0.476 e. The van der Waals surface area contributed by atoms with Crippen molar-refractivity contribution in [2.24, 2.45) is 11.8 Å². The first-order valence-electron chi connectivity index (χ1n) is 12.3. The Balaban J connectivity index is 1.80. The maximum atomic E-state index is 11.3. The highest BCUT2D eigenvalue weighted by atomic mass is 16.7. The molecule has 0 aromatic carbocycles. The molecular formula is C25H42O5. The molecule has 2 rings (SSSR count). The summed E-state index contributed by atoms with van der Waals surface area (Å²) in [5.41, 5.74) is 0. The molecule has 1 heterocycles. The molecule has 1 aliphatic carbocycles. The Morgan fingerprint density at radius 2 is 1.87 bits per heavy atom. The summed E-state index contributed by atoms with van der Waals surface area (Å²) in [5, 5.41) is 8.70. The highest BCUT2D eigenvalue weighted by Crippen LogP contribution is 2.40. The monoisotopic (exact) mass is 422 g/mol. The molecule has 1 N–H and O–H groups in total. The van der Waals surface area contributed by atoms with Crippen LogP contribution < -0.4 is 0 Å². The zero-order chi connectivity index (χ0) is 21.6. The number of rotatable bonds is 15. The van der Waals surface area contributed by atoms with Gasteiger partial charge in [0.2, 0.25) is 5.78 Å². The third kappa shape index (κ3) is 9.30. The van der Waals surface area contributed by atoms with Crippen LogP contribution in [0, 0.1) is 11.8 Å². The summed E-state index contributed by atoms with van der Waals surface area (Å²) >= 11 is 0. The molecule has 0 bridgehead atoms. The zero-order valence-corrected chi connectivity index (χ0v) is 18.9. The summed E-state index contributed by atoms with van der Waals surface area (Å²) in [6.07, 6.45) is 20.7. The molecule has 1 saturated carbocycles. The number of aliphatic carboxylic acids is 1. The minimum absolute atomic E-state index is 0.0452. The topological polar surface area (TPSA) is 72.8 Å². The second kappa shape index (κ2) is 14.7. The van der Waals surface area contributed by atoms with Gasteiger partial charge in [-0.15, -0.1) is 0 Å². The lowest BCUT2D eigenvalue weighted by Crippen LogP contribution is -2.31. The van der Waals surface area contributed by atoms with Crippen molar-refractivity contribution in [3.63, 3.8) is 0 Å². The van der Waals surface area contributed by atoms with Crippen molar-refractivity contribution in [2.45, 2.75) is 116 Å². The number of unbranched alkanes of at least 4 members (excludes halogenated alkanes) is 6. The number of carboxylic acid groups (broad SMARTS) is 1. The third-order valence-corrected chi connectivity index (χ3v) is 6.56. The molecule has 2 aliphatic rings. The van der Waals surface area contributed by atoms with E-state index in [1.807, 2.05) is 0 Å². The molecule has 0 radical (unpaired) electrons. The summed E-state index contributed by atoms with van der Waals surface area (Å²) in [4.78, 5) is 21.9. The Bertz CT molecular complexity index is 524. The van der Waals surface area contributed by atoms with E-state index >= 15 is 0 Å². The van der Waals surface area contributed by atoms with Gasteiger partial charge in [0.15, 0.2) is 6.29 Å². The molecule has 0 spiro atoms. The average Bonchev–Trinajstić information content (AvgIpc) is 3.12. The fourth-order valence-electron chi connectivity index (χ4n) is 4.79. The van der Waals surface area contributed by atoms with E-state index in [1.165, 1.54) is 38.5 Å². The molecule has 4 atom stereocenters. The fourth-order valence-corrected chi connectivity index (χ4v) is 4.79. The maximum absolute atomic E-state index is 11.3. The van der Waals surface area contributed by atoms with E-state index in [-0.39, 0.29) is 18.8 Å². The summed E-state index contributed by atoms with van der Waals surface area (Å²) in [6.45, 7) is 3.05. The first-order chi connectivity index (χ1) is 14.6. The minimum atomic E-state index is -1.31. The van der Waals surface area contributed by atoms with Gasteiger partial charge in [0.25, 0.3) is 0 Å². The van der Waals surface area contributed by atoms with Gasteiger partial charge >= 0.3 is 5.97 Å². The van der Waals surface area contributed by atoms with Crippen LogP contribution in [0.3, 0.4) is 0 Å². The maximum Gasteiger partial charge on any atom is 0.372 e. The summed E-state index contributed by atoms with van der Waals surface area (Å²) in [6, 6.07) is 0. The number of carbonyl (C=O) groups excluding carboxylic acids is 1. The number of carbonyl (C=O) groups is 2. The van der Waals surface area contributed by atoms with Gasteiger partial charge in [-0.3, -0.25) is 4.79 Å². The lowest BCUT2D eigenvalue weighted by atomic mass is 9.88. The Morgan fingerprint density at radius 3 is 2.60 bits per heavy atom. The van der Waals surface area contributed by atoms with E-state index in [2.05, 4.69) is 19.1 Å². The smallest absolute Gasteiger partial charge is 0.372 e. The number of hydrogen-bond acceptors (Lipinski definition) is 4. The SMILES string of the molecule is CCCCCCC=C[C@H]1CCC(OC2CCCCO2)[C@@H]1CCCCCC(=O)C(=O)O. The van der Waals surface area contributed by atoms with Gasteiger partial charge in [-0.25, -0.2) is 4.79 Å². The number of carboxylic acids is 1. The lowest BCUT2D eigenvalue weighted by Gasteiger charge is -2.30. The zero-order valence-electron chi connectivity index (χ0n) is 18.9. The summed E-state index contributed by atoms with van der Waals surface area (Å²) in [7, 11) is 0. The van der Waals surface area contributed by atoms with Gasteiger partial charge in [-0.2, -0.15) is 0 Å². The Labute approximate surface area is 182 Å². The van der Waals surface area contributed by atoms with E-state index in [1.54, 1.807) is 0 Å². The molecule has 5 heteroatoms. The molecule has 0 amide bonds. The van der Waals surface area contributed by atoms with E-state index in [0.29, 0.717) is 18.3 Å². The number of ketones is 1. The molecule has 2 fully saturated rings. The second-order valence-corrected chi connectivity index (χ2v) is 8.98. The van der Waals surface area contributed by atoms with Gasteiger partial charge in [0.05, 0.1) is 6.10 Å². The Morgan fingerprint density at radius 1 is 1.03 bits per heavy atom. The number of hydrogen-bond donors (Lipinski definition) is 1. The predicted molar refractivity (Wildman–Crippen MR) is 118 cm³/mol. The van der Waals surface area contributed by atoms with Crippen LogP contribution in [0.5, 0.6) is 0 Å².